The summed E-state index contributed by atoms with van der Waals surface area (Å²) >= 11 is 0. The molecule has 0 aliphatic rings. The highest BCUT2D eigenvalue weighted by Gasteiger charge is 2.19. The largest absolute Gasteiger partial charge is 0.305 e. The minimum Gasteiger partial charge on any atom is -0.305 e. The Kier molecular flexibility index (Phi) is 4.37. The van der Waals surface area contributed by atoms with Crippen LogP contribution in [0.4, 0.5) is 0 Å². The number of aryl methyl sites for hydroxylation is 3. The first kappa shape index (κ1) is 13.8. The van der Waals surface area contributed by atoms with Crippen LogP contribution in [0.2, 0.25) is 0 Å². The van der Waals surface area contributed by atoms with Crippen LogP contribution in [0.1, 0.15) is 43.3 Å². The molecule has 104 valence electrons. The highest BCUT2D eigenvalue weighted by molar-refractivity contribution is 5.25. The lowest BCUT2D eigenvalue weighted by atomic mass is 10.1. The Morgan fingerprint density at radius 3 is 2.74 bits per heavy atom. The van der Waals surface area contributed by atoms with Crippen molar-refractivity contribution >= 4 is 0 Å². The minimum atomic E-state index is 0.162. The summed E-state index contributed by atoms with van der Waals surface area (Å²) in [5.41, 5.74) is 3.45. The van der Waals surface area contributed by atoms with Gasteiger partial charge in [0.05, 0.1) is 23.6 Å². The molecule has 2 aromatic heterocycles. The van der Waals surface area contributed by atoms with Crippen LogP contribution in [0.5, 0.6) is 0 Å². The second-order valence-electron chi connectivity index (χ2n) is 4.86. The minimum absolute atomic E-state index is 0.162. The molecule has 0 bridgehead atoms. The SMILES string of the molecule is CCCNC(c1cnn(C)c1)c1cc(C)nn1CC. The molecule has 0 spiro atoms. The average Bonchev–Trinajstić information content (AvgIpc) is 2.97. The number of rotatable bonds is 6. The van der Waals surface area contributed by atoms with Gasteiger partial charge in [-0.05, 0) is 32.9 Å². The standard InChI is InChI=1S/C14H23N5/c1-5-7-15-14(12-9-16-18(4)10-12)13-8-11(3)17-19(13)6-2/h8-10,14-15H,5-7H2,1-4H3. The quantitative estimate of drug-likeness (QED) is 0.865. The van der Waals surface area contributed by atoms with E-state index in [1.807, 2.05) is 24.9 Å². The van der Waals surface area contributed by atoms with E-state index in [1.165, 1.54) is 11.3 Å². The molecule has 1 atom stereocenters. The fourth-order valence-corrected chi connectivity index (χ4v) is 2.32. The van der Waals surface area contributed by atoms with E-state index >= 15 is 0 Å². The van der Waals surface area contributed by atoms with Gasteiger partial charge in [0, 0.05) is 25.4 Å². The van der Waals surface area contributed by atoms with Crippen LogP contribution in [0, 0.1) is 6.92 Å². The zero-order chi connectivity index (χ0) is 13.8. The van der Waals surface area contributed by atoms with Gasteiger partial charge in [-0.2, -0.15) is 10.2 Å². The third-order valence-corrected chi connectivity index (χ3v) is 3.19. The van der Waals surface area contributed by atoms with E-state index < -0.39 is 0 Å². The van der Waals surface area contributed by atoms with E-state index in [0.717, 1.165) is 25.2 Å². The zero-order valence-electron chi connectivity index (χ0n) is 12.2. The van der Waals surface area contributed by atoms with Crippen molar-refractivity contribution in [2.24, 2.45) is 7.05 Å². The van der Waals surface area contributed by atoms with Gasteiger partial charge in [0.15, 0.2) is 0 Å². The Balaban J connectivity index is 2.36. The molecule has 5 nitrogen and oxygen atoms in total. The fraction of sp³-hybridized carbons (Fsp3) is 0.571. The second-order valence-corrected chi connectivity index (χ2v) is 4.86. The monoisotopic (exact) mass is 261 g/mol. The smallest absolute Gasteiger partial charge is 0.0779 e. The van der Waals surface area contributed by atoms with Crippen molar-refractivity contribution in [3.05, 3.63) is 35.4 Å². The van der Waals surface area contributed by atoms with Crippen molar-refractivity contribution in [1.82, 2.24) is 24.9 Å². The predicted octanol–water partition coefficient (Wildman–Crippen LogP) is 2.03. The van der Waals surface area contributed by atoms with Crippen molar-refractivity contribution in [3.63, 3.8) is 0 Å². The molecule has 5 heteroatoms. The number of nitrogens with one attached hydrogen (secondary N) is 1. The zero-order valence-corrected chi connectivity index (χ0v) is 12.2. The number of nitrogens with zero attached hydrogens (tertiary/aromatic N) is 4. The van der Waals surface area contributed by atoms with E-state index in [4.69, 9.17) is 0 Å². The molecular formula is C14H23N5. The van der Waals surface area contributed by atoms with Crippen LogP contribution in [0.25, 0.3) is 0 Å². The van der Waals surface area contributed by atoms with Crippen LogP contribution in [0.3, 0.4) is 0 Å². The maximum atomic E-state index is 4.54. The highest BCUT2D eigenvalue weighted by atomic mass is 15.3. The molecule has 0 saturated heterocycles. The number of hydrogen-bond donors (Lipinski definition) is 1. The molecule has 2 rings (SSSR count). The van der Waals surface area contributed by atoms with Gasteiger partial charge in [0.2, 0.25) is 0 Å². The average molecular weight is 261 g/mol. The Morgan fingerprint density at radius 2 is 2.16 bits per heavy atom. The van der Waals surface area contributed by atoms with Crippen LogP contribution in [0.15, 0.2) is 18.5 Å². The molecule has 0 aliphatic heterocycles. The first-order valence-electron chi connectivity index (χ1n) is 6.92. The summed E-state index contributed by atoms with van der Waals surface area (Å²) in [6, 6.07) is 2.32. The summed E-state index contributed by atoms with van der Waals surface area (Å²) in [7, 11) is 1.95. The van der Waals surface area contributed by atoms with E-state index in [9.17, 15) is 0 Å². The summed E-state index contributed by atoms with van der Waals surface area (Å²) in [5.74, 6) is 0. The van der Waals surface area contributed by atoms with Gasteiger partial charge in [0.1, 0.15) is 0 Å². The van der Waals surface area contributed by atoms with Crippen LogP contribution < -0.4 is 5.32 Å². The van der Waals surface area contributed by atoms with Gasteiger partial charge in [-0.3, -0.25) is 9.36 Å². The third kappa shape index (κ3) is 3.04. The summed E-state index contributed by atoms with van der Waals surface area (Å²) in [4.78, 5) is 0. The summed E-state index contributed by atoms with van der Waals surface area (Å²) < 4.78 is 3.91. The Hall–Kier alpha value is -1.62. The van der Waals surface area contributed by atoms with Gasteiger partial charge >= 0.3 is 0 Å². The Labute approximate surface area is 114 Å². The van der Waals surface area contributed by atoms with Crippen molar-refractivity contribution in [3.8, 4) is 0 Å². The highest BCUT2D eigenvalue weighted by Crippen LogP contribution is 2.22. The lowest BCUT2D eigenvalue weighted by Crippen LogP contribution is -2.25. The summed E-state index contributed by atoms with van der Waals surface area (Å²) in [6.45, 7) is 8.20. The van der Waals surface area contributed by atoms with Crippen molar-refractivity contribution < 1.29 is 0 Å². The molecular weight excluding hydrogens is 238 g/mol. The van der Waals surface area contributed by atoms with Gasteiger partial charge < -0.3 is 5.32 Å². The molecule has 2 aromatic rings. The molecule has 0 amide bonds. The fourth-order valence-electron chi connectivity index (χ4n) is 2.32. The molecule has 0 fully saturated rings. The van der Waals surface area contributed by atoms with Crippen LogP contribution in [-0.2, 0) is 13.6 Å². The van der Waals surface area contributed by atoms with Crippen molar-refractivity contribution in [2.75, 3.05) is 6.54 Å². The van der Waals surface area contributed by atoms with Gasteiger partial charge in [-0.25, -0.2) is 0 Å². The third-order valence-electron chi connectivity index (χ3n) is 3.19. The lowest BCUT2D eigenvalue weighted by Gasteiger charge is -2.18. The van der Waals surface area contributed by atoms with Gasteiger partial charge in [0.25, 0.3) is 0 Å². The Morgan fingerprint density at radius 1 is 1.37 bits per heavy atom. The summed E-state index contributed by atoms with van der Waals surface area (Å²) in [5, 5.41) is 12.4. The molecule has 0 radical (unpaired) electrons. The molecule has 0 aromatic carbocycles. The first-order valence-corrected chi connectivity index (χ1v) is 6.92. The second kappa shape index (κ2) is 6.02. The molecule has 1 unspecified atom stereocenters. The van der Waals surface area contributed by atoms with E-state index in [1.54, 1.807) is 0 Å². The molecule has 19 heavy (non-hydrogen) atoms. The van der Waals surface area contributed by atoms with Crippen LogP contribution >= 0.6 is 0 Å². The van der Waals surface area contributed by atoms with Crippen LogP contribution in [-0.4, -0.2) is 26.1 Å². The van der Waals surface area contributed by atoms with E-state index in [2.05, 4.69) is 46.3 Å². The molecule has 2 heterocycles. The maximum absolute atomic E-state index is 4.54. The summed E-state index contributed by atoms with van der Waals surface area (Å²) in [6.07, 6.45) is 5.10. The molecule has 0 saturated carbocycles. The van der Waals surface area contributed by atoms with Gasteiger partial charge in [-0.1, -0.05) is 6.92 Å². The number of hydrogen-bond acceptors (Lipinski definition) is 3. The lowest BCUT2D eigenvalue weighted by molar-refractivity contribution is 0.528. The maximum Gasteiger partial charge on any atom is 0.0779 e. The normalized spacial score (nSPS) is 12.8. The predicted molar refractivity (Wildman–Crippen MR) is 76.0 cm³/mol. The van der Waals surface area contributed by atoms with Gasteiger partial charge in [-0.15, -0.1) is 0 Å². The first-order chi connectivity index (χ1) is 9.15. The molecule has 0 aliphatic carbocycles. The van der Waals surface area contributed by atoms with E-state index in [-0.39, 0.29) is 6.04 Å². The van der Waals surface area contributed by atoms with E-state index in [0.29, 0.717) is 0 Å². The Bertz CT molecular complexity index is 526. The van der Waals surface area contributed by atoms with Crippen molar-refractivity contribution in [1.29, 1.82) is 0 Å². The molecule has 1 N–H and O–H groups in total. The number of aromatic nitrogens is 4. The van der Waals surface area contributed by atoms with Crippen molar-refractivity contribution in [2.45, 2.75) is 39.8 Å². The topological polar surface area (TPSA) is 47.7 Å².